The lowest BCUT2D eigenvalue weighted by atomic mass is 9.83. The first-order valence-electron chi connectivity index (χ1n) is 6.63. The van der Waals surface area contributed by atoms with E-state index in [9.17, 15) is 10.5 Å². The van der Waals surface area contributed by atoms with Crippen molar-refractivity contribution in [3.63, 3.8) is 0 Å². The third-order valence-corrected chi connectivity index (χ3v) is 4.08. The second kappa shape index (κ2) is 5.16. The molecule has 5 heteroatoms. The Morgan fingerprint density at radius 3 is 2.38 bits per heavy atom. The maximum atomic E-state index is 9.56. The van der Waals surface area contributed by atoms with Gasteiger partial charge < -0.3 is 10.5 Å². The molecule has 3 rings (SSSR count). The molecule has 104 valence electrons. The van der Waals surface area contributed by atoms with Crippen molar-refractivity contribution in [3.8, 4) is 12.1 Å². The summed E-state index contributed by atoms with van der Waals surface area (Å²) in [5.74, 6) is 0.351. The van der Waals surface area contributed by atoms with Gasteiger partial charge in [-0.25, -0.2) is 0 Å². The lowest BCUT2D eigenvalue weighted by Gasteiger charge is -2.26. The van der Waals surface area contributed by atoms with Gasteiger partial charge in [-0.3, -0.25) is 0 Å². The Balaban J connectivity index is 2.21. The van der Waals surface area contributed by atoms with Gasteiger partial charge in [0.1, 0.15) is 17.4 Å². The predicted molar refractivity (Wildman–Crippen MR) is 77.5 cm³/mol. The topological polar surface area (TPSA) is 82.8 Å². The molecule has 1 aliphatic heterocycles. The molecule has 1 aliphatic carbocycles. The Hall–Kier alpha value is -2.43. The molecule has 0 aromatic heterocycles. The highest BCUT2D eigenvalue weighted by Gasteiger charge is 2.40. The second-order valence-corrected chi connectivity index (χ2v) is 5.52. The van der Waals surface area contributed by atoms with Gasteiger partial charge in [0.25, 0.3) is 0 Å². The van der Waals surface area contributed by atoms with Crippen molar-refractivity contribution in [1.82, 2.24) is 0 Å². The molecule has 21 heavy (non-hydrogen) atoms. The first-order chi connectivity index (χ1) is 10.2. The molecule has 1 fully saturated rings. The fourth-order valence-corrected chi connectivity index (χ4v) is 2.81. The molecule has 1 atom stereocenters. The molecule has 0 radical (unpaired) electrons. The first-order valence-corrected chi connectivity index (χ1v) is 7.01. The van der Waals surface area contributed by atoms with E-state index in [1.54, 1.807) is 6.07 Å². The van der Waals surface area contributed by atoms with E-state index in [1.807, 2.05) is 18.2 Å². The summed E-state index contributed by atoms with van der Waals surface area (Å²) < 4.78 is 5.56. The van der Waals surface area contributed by atoms with Gasteiger partial charge in [-0.2, -0.15) is 10.5 Å². The molecule has 1 heterocycles. The number of nitriles is 2. The summed E-state index contributed by atoms with van der Waals surface area (Å²) in [5.41, 5.74) is 7.27. The number of nitrogens with zero attached hydrogens (tertiary/aromatic N) is 2. The Kier molecular flexibility index (Phi) is 3.33. The molecule has 0 spiro atoms. The predicted octanol–water partition coefficient (Wildman–Crippen LogP) is 3.34. The Bertz CT molecular complexity index is 748. The molecule has 0 bridgehead atoms. The summed E-state index contributed by atoms with van der Waals surface area (Å²) in [7, 11) is 0. The lowest BCUT2D eigenvalue weighted by Crippen LogP contribution is -2.21. The van der Waals surface area contributed by atoms with E-state index in [0.29, 0.717) is 21.9 Å². The van der Waals surface area contributed by atoms with Crippen LogP contribution in [0.25, 0.3) is 0 Å². The zero-order chi connectivity index (χ0) is 15.0. The Morgan fingerprint density at radius 2 is 1.81 bits per heavy atom. The summed E-state index contributed by atoms with van der Waals surface area (Å²) >= 11 is 6.25. The van der Waals surface area contributed by atoms with Crippen LogP contribution in [0.4, 0.5) is 0 Å². The maximum Gasteiger partial charge on any atom is 0.205 e. The molecule has 2 aliphatic rings. The standard InChI is InChI=1S/C16H12ClN3O/c17-13-4-2-1-3-10(13)14-11(7-18)15(9-5-6-9)21-16(20)12(14)8-19/h1-4,9,14H,5-6,20H2/t14-/m0/s1. The van der Waals surface area contributed by atoms with Crippen LogP contribution in [0.5, 0.6) is 0 Å². The molecule has 1 saturated carbocycles. The van der Waals surface area contributed by atoms with Crippen LogP contribution >= 0.6 is 11.6 Å². The molecule has 0 amide bonds. The number of benzene rings is 1. The van der Waals surface area contributed by atoms with Crippen LogP contribution < -0.4 is 5.73 Å². The van der Waals surface area contributed by atoms with Gasteiger partial charge in [-0.05, 0) is 24.5 Å². The normalized spacial score (nSPS) is 21.6. The fraction of sp³-hybridized carbons (Fsp3) is 0.250. The number of allylic oxidation sites excluding steroid dienone is 3. The molecule has 1 aromatic rings. The third-order valence-electron chi connectivity index (χ3n) is 3.73. The minimum Gasteiger partial charge on any atom is -0.444 e. The number of halogens is 1. The highest BCUT2D eigenvalue weighted by Crippen LogP contribution is 2.48. The zero-order valence-corrected chi connectivity index (χ0v) is 11.9. The van der Waals surface area contributed by atoms with Crippen molar-refractivity contribution in [3.05, 3.63) is 57.6 Å². The monoisotopic (exact) mass is 297 g/mol. The van der Waals surface area contributed by atoms with Gasteiger partial charge in [0.05, 0.1) is 17.6 Å². The van der Waals surface area contributed by atoms with Crippen molar-refractivity contribution in [1.29, 1.82) is 10.5 Å². The molecular weight excluding hydrogens is 286 g/mol. The molecule has 4 nitrogen and oxygen atoms in total. The van der Waals surface area contributed by atoms with Gasteiger partial charge in [0, 0.05) is 10.9 Å². The van der Waals surface area contributed by atoms with Crippen LogP contribution in [-0.4, -0.2) is 0 Å². The average Bonchev–Trinajstić information content (AvgIpc) is 3.31. The van der Waals surface area contributed by atoms with Crippen molar-refractivity contribution in [2.75, 3.05) is 0 Å². The first kappa shape index (κ1) is 13.5. The second-order valence-electron chi connectivity index (χ2n) is 5.11. The summed E-state index contributed by atoms with van der Waals surface area (Å²) in [6, 6.07) is 11.4. The van der Waals surface area contributed by atoms with Crippen LogP contribution in [0.3, 0.4) is 0 Å². The van der Waals surface area contributed by atoms with E-state index in [2.05, 4.69) is 12.1 Å². The van der Waals surface area contributed by atoms with Gasteiger partial charge in [-0.15, -0.1) is 0 Å². The van der Waals surface area contributed by atoms with E-state index < -0.39 is 5.92 Å². The lowest BCUT2D eigenvalue weighted by molar-refractivity contribution is 0.260. The van der Waals surface area contributed by atoms with Gasteiger partial charge in [-0.1, -0.05) is 29.8 Å². The molecule has 1 aromatic carbocycles. The molecule has 0 saturated heterocycles. The average molecular weight is 298 g/mol. The van der Waals surface area contributed by atoms with Crippen LogP contribution in [-0.2, 0) is 4.74 Å². The highest BCUT2D eigenvalue weighted by molar-refractivity contribution is 6.31. The Morgan fingerprint density at radius 1 is 1.14 bits per heavy atom. The van der Waals surface area contributed by atoms with Crippen LogP contribution in [0.1, 0.15) is 24.3 Å². The van der Waals surface area contributed by atoms with E-state index in [1.165, 1.54) is 0 Å². The minimum atomic E-state index is -0.543. The van der Waals surface area contributed by atoms with Crippen LogP contribution in [0, 0.1) is 28.6 Å². The largest absolute Gasteiger partial charge is 0.444 e. The summed E-state index contributed by atoms with van der Waals surface area (Å²) in [4.78, 5) is 0. The van der Waals surface area contributed by atoms with E-state index in [4.69, 9.17) is 22.1 Å². The molecular formula is C16H12ClN3O. The van der Waals surface area contributed by atoms with Crippen molar-refractivity contribution in [2.45, 2.75) is 18.8 Å². The number of nitrogens with two attached hydrogens (primary N) is 1. The van der Waals surface area contributed by atoms with Crippen molar-refractivity contribution < 1.29 is 4.74 Å². The van der Waals surface area contributed by atoms with E-state index >= 15 is 0 Å². The summed E-state index contributed by atoms with van der Waals surface area (Å²) in [5, 5.41) is 19.5. The third kappa shape index (κ3) is 2.24. The van der Waals surface area contributed by atoms with Gasteiger partial charge in [0.2, 0.25) is 5.88 Å². The minimum absolute atomic E-state index is 0.0725. The number of ether oxygens (including phenoxy) is 1. The number of hydrogen-bond donors (Lipinski definition) is 1. The summed E-state index contributed by atoms with van der Waals surface area (Å²) in [6.07, 6.45) is 1.95. The zero-order valence-electron chi connectivity index (χ0n) is 11.1. The SMILES string of the molecule is N#CC1=C(N)OC(C2CC2)=C(C#N)[C@@H]1c1ccccc1Cl. The number of rotatable bonds is 2. The molecule has 2 N–H and O–H groups in total. The van der Waals surface area contributed by atoms with Crippen molar-refractivity contribution in [2.24, 2.45) is 11.7 Å². The molecule has 0 unspecified atom stereocenters. The maximum absolute atomic E-state index is 9.56. The van der Waals surface area contributed by atoms with Crippen LogP contribution in [0.15, 0.2) is 47.1 Å². The fourth-order valence-electron chi connectivity index (χ4n) is 2.57. The number of hydrogen-bond acceptors (Lipinski definition) is 4. The smallest absolute Gasteiger partial charge is 0.205 e. The van der Waals surface area contributed by atoms with E-state index in [0.717, 1.165) is 12.8 Å². The van der Waals surface area contributed by atoms with Crippen LogP contribution in [0.2, 0.25) is 5.02 Å². The van der Waals surface area contributed by atoms with Gasteiger partial charge >= 0.3 is 0 Å². The van der Waals surface area contributed by atoms with E-state index in [-0.39, 0.29) is 17.4 Å². The van der Waals surface area contributed by atoms with Gasteiger partial charge in [0.15, 0.2) is 0 Å². The Labute approximate surface area is 127 Å². The highest BCUT2D eigenvalue weighted by atomic mass is 35.5. The quantitative estimate of drug-likeness (QED) is 0.907. The van der Waals surface area contributed by atoms with Crippen molar-refractivity contribution >= 4 is 11.6 Å². The summed E-state index contributed by atoms with van der Waals surface area (Å²) in [6.45, 7) is 0.